The van der Waals surface area contributed by atoms with Gasteiger partial charge in [-0.25, -0.2) is 18.2 Å². The highest BCUT2D eigenvalue weighted by molar-refractivity contribution is 7.89. The molecule has 172 valence electrons. The van der Waals surface area contributed by atoms with Crippen LogP contribution in [0.3, 0.4) is 0 Å². The molecule has 1 fully saturated rings. The average Bonchev–Trinajstić information content (AvgIpc) is 3.11. The first-order chi connectivity index (χ1) is 15.3. The van der Waals surface area contributed by atoms with Gasteiger partial charge in [0.25, 0.3) is 5.56 Å². The van der Waals surface area contributed by atoms with Crippen molar-refractivity contribution in [3.63, 3.8) is 0 Å². The molecule has 0 unspecified atom stereocenters. The minimum Gasteiger partial charge on any atom is -0.324 e. The molecule has 0 saturated carbocycles. The molecule has 1 aliphatic heterocycles. The van der Waals surface area contributed by atoms with Crippen LogP contribution in [0.25, 0.3) is 11.2 Å². The molecule has 11 nitrogen and oxygen atoms in total. The Morgan fingerprint density at radius 1 is 1.16 bits per heavy atom. The fourth-order valence-corrected chi connectivity index (χ4v) is 5.32. The highest BCUT2D eigenvalue weighted by Crippen LogP contribution is 2.18. The van der Waals surface area contributed by atoms with Crippen LogP contribution >= 0.6 is 0 Å². The van der Waals surface area contributed by atoms with Crippen molar-refractivity contribution < 1.29 is 8.42 Å². The topological polar surface area (TPSA) is 126 Å². The van der Waals surface area contributed by atoms with Gasteiger partial charge in [-0.05, 0) is 18.6 Å². The predicted molar refractivity (Wildman–Crippen MR) is 119 cm³/mol. The van der Waals surface area contributed by atoms with Crippen LogP contribution in [0.15, 0.2) is 39.0 Å². The van der Waals surface area contributed by atoms with Crippen LogP contribution in [-0.4, -0.2) is 67.9 Å². The maximum Gasteiger partial charge on any atom is 0.330 e. The molecule has 3 aromatic heterocycles. The molecule has 12 heteroatoms. The number of nitrogens with one attached hydrogen (secondary N) is 1. The third kappa shape index (κ3) is 4.12. The number of fused-ring (bicyclic) bond motifs is 1. The highest BCUT2D eigenvalue weighted by Gasteiger charge is 2.29. The Balaban J connectivity index is 1.53. The van der Waals surface area contributed by atoms with E-state index in [1.807, 2.05) is 6.92 Å². The molecule has 32 heavy (non-hydrogen) atoms. The zero-order valence-electron chi connectivity index (χ0n) is 18.2. The number of aryl methyl sites for hydroxylation is 2. The summed E-state index contributed by atoms with van der Waals surface area (Å²) in [5.74, 6) is 0.657. The summed E-state index contributed by atoms with van der Waals surface area (Å²) in [6.07, 6.45) is 4.62. The van der Waals surface area contributed by atoms with Crippen LogP contribution in [0.4, 0.5) is 0 Å². The monoisotopic (exact) mass is 461 g/mol. The van der Waals surface area contributed by atoms with Crippen LogP contribution in [0.1, 0.15) is 25.6 Å². The van der Waals surface area contributed by atoms with Crippen LogP contribution in [0.2, 0.25) is 0 Å². The fraction of sp³-hybridized carbons (Fsp3) is 0.500. The molecule has 0 bridgehead atoms. The van der Waals surface area contributed by atoms with E-state index in [2.05, 4.69) is 19.9 Å². The number of nitrogens with zero attached hydrogens (tertiary/aromatic N) is 6. The summed E-state index contributed by atoms with van der Waals surface area (Å²) in [6, 6.07) is 3.15. The molecule has 4 rings (SSSR count). The van der Waals surface area contributed by atoms with Gasteiger partial charge in [-0.15, -0.1) is 0 Å². The van der Waals surface area contributed by atoms with Gasteiger partial charge in [0.05, 0.1) is 6.54 Å². The Kier molecular flexibility index (Phi) is 6.26. The average molecular weight is 462 g/mol. The van der Waals surface area contributed by atoms with Crippen molar-refractivity contribution in [2.24, 2.45) is 7.05 Å². The van der Waals surface area contributed by atoms with Crippen molar-refractivity contribution in [3.8, 4) is 0 Å². The number of imidazole rings is 1. The first kappa shape index (κ1) is 22.4. The van der Waals surface area contributed by atoms with E-state index in [0.29, 0.717) is 56.3 Å². The van der Waals surface area contributed by atoms with Crippen LogP contribution in [0.5, 0.6) is 0 Å². The van der Waals surface area contributed by atoms with Crippen LogP contribution in [0, 0.1) is 0 Å². The standard InChI is InChI=1S/C20H27N7O4S/c1-3-4-8-27-18-17(19(28)23-20(27)29)24(2)16(22-18)14-25-9-11-26(12-10-25)32(30,31)15-6-5-7-21-13-15/h5-7,13H,3-4,8-12,14H2,1-2H3,(H,23,28,29). The van der Waals surface area contributed by atoms with Crippen molar-refractivity contribution in [3.05, 3.63) is 51.2 Å². The number of rotatable bonds is 7. The summed E-state index contributed by atoms with van der Waals surface area (Å²) in [5, 5.41) is 0. The molecule has 1 N–H and O–H groups in total. The van der Waals surface area contributed by atoms with Gasteiger partial charge in [-0.3, -0.25) is 24.2 Å². The van der Waals surface area contributed by atoms with Crippen molar-refractivity contribution >= 4 is 21.2 Å². The molecule has 0 aromatic carbocycles. The van der Waals surface area contributed by atoms with Crippen molar-refractivity contribution in [2.45, 2.75) is 37.8 Å². The number of hydrogen-bond donors (Lipinski definition) is 1. The second kappa shape index (κ2) is 8.96. The second-order valence-electron chi connectivity index (χ2n) is 7.89. The first-order valence-electron chi connectivity index (χ1n) is 10.6. The lowest BCUT2D eigenvalue weighted by molar-refractivity contribution is 0.177. The fourth-order valence-electron chi connectivity index (χ4n) is 3.93. The number of aromatic amines is 1. The molecule has 0 amide bonds. The van der Waals surface area contributed by atoms with Gasteiger partial charge in [0.15, 0.2) is 11.2 Å². The number of sulfonamides is 1. The molecule has 0 radical (unpaired) electrons. The van der Waals surface area contributed by atoms with Crippen molar-refractivity contribution in [2.75, 3.05) is 26.2 Å². The highest BCUT2D eigenvalue weighted by atomic mass is 32.2. The lowest BCUT2D eigenvalue weighted by Crippen LogP contribution is -2.48. The molecular weight excluding hydrogens is 434 g/mol. The number of hydrogen-bond acceptors (Lipinski definition) is 7. The van der Waals surface area contributed by atoms with E-state index in [1.165, 1.54) is 15.1 Å². The van der Waals surface area contributed by atoms with Gasteiger partial charge in [-0.2, -0.15) is 4.31 Å². The van der Waals surface area contributed by atoms with Crippen LogP contribution in [-0.2, 0) is 30.2 Å². The van der Waals surface area contributed by atoms with Gasteiger partial charge in [0.2, 0.25) is 10.0 Å². The zero-order valence-corrected chi connectivity index (χ0v) is 19.0. The quantitative estimate of drug-likeness (QED) is 0.530. The summed E-state index contributed by atoms with van der Waals surface area (Å²) in [6.45, 7) is 4.73. The number of unbranched alkanes of at least 4 members (excludes halogenated alkanes) is 1. The molecule has 3 aromatic rings. The third-order valence-electron chi connectivity index (χ3n) is 5.81. The van der Waals surface area contributed by atoms with Crippen LogP contribution < -0.4 is 11.2 Å². The van der Waals surface area contributed by atoms with E-state index < -0.39 is 21.3 Å². The number of piperazine rings is 1. The predicted octanol–water partition coefficient (Wildman–Crippen LogP) is 0.125. The maximum absolute atomic E-state index is 12.8. The Hall–Kier alpha value is -2.83. The second-order valence-corrected chi connectivity index (χ2v) is 9.83. The van der Waals surface area contributed by atoms with E-state index in [9.17, 15) is 18.0 Å². The van der Waals surface area contributed by atoms with E-state index in [4.69, 9.17) is 0 Å². The van der Waals surface area contributed by atoms with E-state index in [-0.39, 0.29) is 4.90 Å². The third-order valence-corrected chi connectivity index (χ3v) is 7.69. The van der Waals surface area contributed by atoms with Gasteiger partial charge >= 0.3 is 5.69 Å². The number of H-pyrrole nitrogens is 1. The SMILES string of the molecule is CCCCn1c(=O)[nH]c(=O)c2c1nc(CN1CCN(S(=O)(=O)c3cccnc3)CC1)n2C. The van der Waals surface area contributed by atoms with Gasteiger partial charge in [0.1, 0.15) is 10.7 Å². The molecular formula is C20H27N7O4S. The Labute approximate surface area is 185 Å². The molecule has 0 atom stereocenters. The lowest BCUT2D eigenvalue weighted by Gasteiger charge is -2.33. The summed E-state index contributed by atoms with van der Waals surface area (Å²) < 4.78 is 30.3. The van der Waals surface area contributed by atoms with Crippen molar-refractivity contribution in [1.29, 1.82) is 0 Å². The lowest BCUT2D eigenvalue weighted by atomic mass is 10.3. The minimum atomic E-state index is -3.57. The normalized spacial score (nSPS) is 16.1. The van der Waals surface area contributed by atoms with Crippen molar-refractivity contribution in [1.82, 2.24) is 33.3 Å². The zero-order chi connectivity index (χ0) is 22.9. The van der Waals surface area contributed by atoms with E-state index in [1.54, 1.807) is 29.9 Å². The molecule has 1 aliphatic rings. The Morgan fingerprint density at radius 2 is 1.91 bits per heavy atom. The maximum atomic E-state index is 12.8. The van der Waals surface area contributed by atoms with Gasteiger partial charge in [-0.1, -0.05) is 13.3 Å². The summed E-state index contributed by atoms with van der Waals surface area (Å²) in [5.41, 5.74) is -0.141. The molecule has 0 spiro atoms. The smallest absolute Gasteiger partial charge is 0.324 e. The number of pyridine rings is 1. The molecule has 1 saturated heterocycles. The molecule has 4 heterocycles. The Bertz CT molecular complexity index is 1320. The van der Waals surface area contributed by atoms with E-state index >= 15 is 0 Å². The Morgan fingerprint density at radius 3 is 2.56 bits per heavy atom. The number of aromatic nitrogens is 5. The molecule has 0 aliphatic carbocycles. The summed E-state index contributed by atoms with van der Waals surface area (Å²) in [7, 11) is -1.81. The summed E-state index contributed by atoms with van der Waals surface area (Å²) in [4.78, 5) is 37.9. The van der Waals surface area contributed by atoms with Gasteiger partial charge in [0, 0.05) is 52.2 Å². The first-order valence-corrected chi connectivity index (χ1v) is 12.1. The minimum absolute atomic E-state index is 0.188. The largest absolute Gasteiger partial charge is 0.330 e. The van der Waals surface area contributed by atoms with E-state index in [0.717, 1.165) is 12.8 Å². The summed E-state index contributed by atoms with van der Waals surface area (Å²) >= 11 is 0. The van der Waals surface area contributed by atoms with Gasteiger partial charge < -0.3 is 4.57 Å².